The predicted molar refractivity (Wildman–Crippen MR) is 104 cm³/mol. The van der Waals surface area contributed by atoms with Gasteiger partial charge >= 0.3 is 0 Å². The van der Waals surface area contributed by atoms with E-state index in [1.54, 1.807) is 0 Å². The Morgan fingerprint density at radius 3 is 1.92 bits per heavy atom. The number of para-hydroxylation sites is 2. The maximum Gasteiger partial charge on any atom is 0.161 e. The number of hydrogen-bond donors (Lipinski definition) is 0. The molecule has 2 aromatic rings. The molecule has 0 saturated carbocycles. The smallest absolute Gasteiger partial charge is 0.161 e. The molecule has 0 unspecified atom stereocenters. The Morgan fingerprint density at radius 2 is 1.21 bits per heavy atom. The van der Waals surface area contributed by atoms with Crippen LogP contribution in [-0.2, 0) is 6.61 Å². The molecule has 24 heavy (non-hydrogen) atoms. The number of hydrogen-bond acceptors (Lipinski definition) is 2. The molecule has 0 aromatic heterocycles. The van der Waals surface area contributed by atoms with Gasteiger partial charge in [-0.2, -0.15) is 0 Å². The zero-order valence-electron chi connectivity index (χ0n) is 14.3. The minimum atomic E-state index is 0.564. The van der Waals surface area contributed by atoms with Crippen LogP contribution in [0.25, 0.3) is 0 Å². The lowest BCUT2D eigenvalue weighted by Gasteiger charge is -2.12. The van der Waals surface area contributed by atoms with Gasteiger partial charge in [0.05, 0.1) is 6.61 Å². The zero-order valence-corrected chi connectivity index (χ0v) is 15.8. The van der Waals surface area contributed by atoms with E-state index in [4.69, 9.17) is 9.47 Å². The molecule has 130 valence electrons. The summed E-state index contributed by atoms with van der Waals surface area (Å²) in [4.78, 5) is 0. The van der Waals surface area contributed by atoms with Crippen LogP contribution < -0.4 is 9.47 Å². The molecule has 2 rings (SSSR count). The van der Waals surface area contributed by atoms with Crippen molar-refractivity contribution in [1.29, 1.82) is 0 Å². The molecule has 0 atom stereocenters. The number of ether oxygens (including phenoxy) is 2. The Bertz CT molecular complexity index is 557. The first-order valence-electron chi connectivity index (χ1n) is 8.84. The van der Waals surface area contributed by atoms with Crippen molar-refractivity contribution in [3.05, 3.63) is 60.2 Å². The second-order valence-electron chi connectivity index (χ2n) is 5.88. The Morgan fingerprint density at radius 1 is 0.625 bits per heavy atom. The lowest BCUT2D eigenvalue weighted by atomic mass is 10.1. The summed E-state index contributed by atoms with van der Waals surface area (Å²) < 4.78 is 11.8. The zero-order chi connectivity index (χ0) is 16.9. The van der Waals surface area contributed by atoms with Crippen molar-refractivity contribution in [2.75, 3.05) is 11.9 Å². The van der Waals surface area contributed by atoms with Crippen LogP contribution in [0.1, 0.15) is 44.1 Å². The van der Waals surface area contributed by atoms with Crippen molar-refractivity contribution in [3.8, 4) is 11.5 Å². The van der Waals surface area contributed by atoms with Crippen molar-refractivity contribution in [3.63, 3.8) is 0 Å². The first-order chi connectivity index (χ1) is 11.9. The van der Waals surface area contributed by atoms with Crippen LogP contribution in [0.3, 0.4) is 0 Å². The monoisotopic (exact) mass is 390 g/mol. The highest BCUT2D eigenvalue weighted by molar-refractivity contribution is 9.09. The summed E-state index contributed by atoms with van der Waals surface area (Å²) in [6.45, 7) is 1.32. The molecule has 0 spiro atoms. The van der Waals surface area contributed by atoms with Crippen LogP contribution in [0, 0.1) is 0 Å². The van der Waals surface area contributed by atoms with Gasteiger partial charge in [0.2, 0.25) is 0 Å². The number of halogens is 1. The quantitative estimate of drug-likeness (QED) is 0.309. The highest BCUT2D eigenvalue weighted by atomic mass is 79.9. The van der Waals surface area contributed by atoms with Crippen LogP contribution in [-0.4, -0.2) is 11.9 Å². The first kappa shape index (κ1) is 18.9. The van der Waals surface area contributed by atoms with Crippen molar-refractivity contribution in [1.82, 2.24) is 0 Å². The molecule has 0 aliphatic heterocycles. The summed E-state index contributed by atoms with van der Waals surface area (Å²) in [7, 11) is 0. The minimum Gasteiger partial charge on any atom is -0.490 e. The third-order valence-corrected chi connectivity index (χ3v) is 4.43. The number of rotatable bonds is 12. The van der Waals surface area contributed by atoms with Crippen molar-refractivity contribution in [2.24, 2.45) is 0 Å². The van der Waals surface area contributed by atoms with E-state index in [9.17, 15) is 0 Å². The van der Waals surface area contributed by atoms with Crippen molar-refractivity contribution < 1.29 is 9.47 Å². The standard InChI is InChI=1S/C21H27BrO2/c22-16-10-3-1-2-4-11-17-23-20-14-8-9-15-21(20)24-18-19-12-6-5-7-13-19/h5-9,12-15H,1-4,10-11,16-18H2. The summed E-state index contributed by atoms with van der Waals surface area (Å²) >= 11 is 3.47. The first-order valence-corrected chi connectivity index (χ1v) is 9.97. The van der Waals surface area contributed by atoms with E-state index in [0.717, 1.165) is 35.4 Å². The fraction of sp³-hybridized carbons (Fsp3) is 0.429. The van der Waals surface area contributed by atoms with Crippen LogP contribution >= 0.6 is 15.9 Å². The van der Waals surface area contributed by atoms with E-state index in [1.807, 2.05) is 42.5 Å². The van der Waals surface area contributed by atoms with Gasteiger partial charge in [0.25, 0.3) is 0 Å². The molecule has 0 amide bonds. The molecule has 0 radical (unpaired) electrons. The fourth-order valence-corrected chi connectivity index (χ4v) is 2.91. The van der Waals surface area contributed by atoms with E-state index in [2.05, 4.69) is 28.1 Å². The van der Waals surface area contributed by atoms with Gasteiger partial charge in [-0.05, 0) is 30.5 Å². The number of unbranched alkanes of at least 4 members (excludes halogenated alkanes) is 5. The topological polar surface area (TPSA) is 18.5 Å². The third kappa shape index (κ3) is 7.39. The van der Waals surface area contributed by atoms with Gasteiger partial charge in [-0.1, -0.05) is 84.1 Å². The summed E-state index contributed by atoms with van der Waals surface area (Å²) in [5, 5.41) is 1.12. The van der Waals surface area contributed by atoms with Crippen molar-refractivity contribution >= 4 is 15.9 Å². The normalized spacial score (nSPS) is 10.5. The largest absolute Gasteiger partial charge is 0.490 e. The Balaban J connectivity index is 1.69. The molecule has 0 N–H and O–H groups in total. The Hall–Kier alpha value is -1.48. The second kappa shape index (κ2) is 12.0. The third-order valence-electron chi connectivity index (χ3n) is 3.87. The number of alkyl halides is 1. The average Bonchev–Trinajstić information content (AvgIpc) is 2.64. The molecule has 0 heterocycles. The van der Waals surface area contributed by atoms with Gasteiger partial charge < -0.3 is 9.47 Å². The van der Waals surface area contributed by atoms with Gasteiger partial charge in [-0.3, -0.25) is 0 Å². The van der Waals surface area contributed by atoms with Gasteiger partial charge in [0.15, 0.2) is 11.5 Å². The Kier molecular flexibility index (Phi) is 9.40. The molecular weight excluding hydrogens is 364 g/mol. The molecule has 3 heteroatoms. The van der Waals surface area contributed by atoms with E-state index in [0.29, 0.717) is 6.61 Å². The van der Waals surface area contributed by atoms with Crippen molar-refractivity contribution in [2.45, 2.75) is 45.1 Å². The van der Waals surface area contributed by atoms with Gasteiger partial charge in [-0.25, -0.2) is 0 Å². The fourth-order valence-electron chi connectivity index (χ4n) is 2.51. The average molecular weight is 391 g/mol. The summed E-state index contributed by atoms with van der Waals surface area (Å²) in [5.74, 6) is 1.66. The lowest BCUT2D eigenvalue weighted by molar-refractivity contribution is 0.257. The maximum absolute atomic E-state index is 5.92. The van der Waals surface area contributed by atoms with E-state index in [1.165, 1.54) is 32.1 Å². The minimum absolute atomic E-state index is 0.564. The molecule has 0 saturated heterocycles. The molecule has 0 fully saturated rings. The SMILES string of the molecule is BrCCCCCCCCOc1ccccc1OCc1ccccc1. The summed E-state index contributed by atoms with van der Waals surface area (Å²) in [6, 6.07) is 18.1. The lowest BCUT2D eigenvalue weighted by Crippen LogP contribution is -2.01. The van der Waals surface area contributed by atoms with E-state index < -0.39 is 0 Å². The molecule has 2 nitrogen and oxygen atoms in total. The van der Waals surface area contributed by atoms with E-state index >= 15 is 0 Å². The summed E-state index contributed by atoms with van der Waals surface area (Å²) in [5.41, 5.74) is 1.16. The van der Waals surface area contributed by atoms with Gasteiger partial charge in [-0.15, -0.1) is 0 Å². The van der Waals surface area contributed by atoms with Crippen LogP contribution in [0.4, 0.5) is 0 Å². The highest BCUT2D eigenvalue weighted by Crippen LogP contribution is 2.27. The van der Waals surface area contributed by atoms with Crippen LogP contribution in [0.15, 0.2) is 54.6 Å². The maximum atomic E-state index is 5.92. The van der Waals surface area contributed by atoms with Gasteiger partial charge in [0, 0.05) is 5.33 Å². The second-order valence-corrected chi connectivity index (χ2v) is 6.67. The van der Waals surface area contributed by atoms with Gasteiger partial charge in [0.1, 0.15) is 6.61 Å². The molecule has 0 bridgehead atoms. The summed E-state index contributed by atoms with van der Waals surface area (Å²) in [6.07, 6.45) is 7.55. The molecule has 0 aliphatic carbocycles. The predicted octanol–water partition coefficient (Wildman–Crippen LogP) is 6.38. The Labute approximate surface area is 154 Å². The molecule has 2 aromatic carbocycles. The van der Waals surface area contributed by atoms with Crippen LogP contribution in [0.2, 0.25) is 0 Å². The molecular formula is C21H27BrO2. The molecule has 0 aliphatic rings. The van der Waals surface area contributed by atoms with Crippen LogP contribution in [0.5, 0.6) is 11.5 Å². The van der Waals surface area contributed by atoms with E-state index in [-0.39, 0.29) is 0 Å². The number of benzene rings is 2. The highest BCUT2D eigenvalue weighted by Gasteiger charge is 2.04.